The molecule has 0 spiro atoms. The number of likely N-dealkylation sites (tertiary alicyclic amines) is 1. The van der Waals surface area contributed by atoms with Crippen LogP contribution in [0.1, 0.15) is 52.1 Å². The van der Waals surface area contributed by atoms with Crippen LogP contribution in [-0.4, -0.2) is 63.0 Å². The van der Waals surface area contributed by atoms with Crippen molar-refractivity contribution in [3.8, 4) is 11.5 Å². The number of piperidine rings is 1. The van der Waals surface area contributed by atoms with E-state index in [0.29, 0.717) is 37.8 Å². The van der Waals surface area contributed by atoms with Crippen molar-refractivity contribution in [1.82, 2.24) is 10.2 Å². The highest BCUT2D eigenvalue weighted by Crippen LogP contribution is 2.30. The molecule has 2 amide bonds. The van der Waals surface area contributed by atoms with Crippen LogP contribution in [-0.2, 0) is 14.3 Å². The van der Waals surface area contributed by atoms with Crippen LogP contribution < -0.4 is 14.8 Å². The molecule has 31 heavy (non-hydrogen) atoms. The first-order valence-corrected chi connectivity index (χ1v) is 10.7. The predicted molar refractivity (Wildman–Crippen MR) is 117 cm³/mol. The first kappa shape index (κ1) is 24.8. The highest BCUT2D eigenvalue weighted by atomic mass is 16.6. The van der Waals surface area contributed by atoms with E-state index in [2.05, 4.69) is 5.32 Å². The number of nitrogens with one attached hydrogen (secondary N) is 1. The quantitative estimate of drug-likeness (QED) is 0.627. The zero-order valence-electron chi connectivity index (χ0n) is 19.5. The number of rotatable bonds is 8. The van der Waals surface area contributed by atoms with E-state index in [4.69, 9.17) is 18.9 Å². The molecule has 1 aliphatic heterocycles. The molecule has 8 nitrogen and oxygen atoms in total. The molecule has 1 N–H and O–H groups in total. The summed E-state index contributed by atoms with van der Waals surface area (Å²) >= 11 is 0. The van der Waals surface area contributed by atoms with Crippen molar-refractivity contribution in [2.75, 3.05) is 40.5 Å². The maximum Gasteiger partial charge on any atom is 0.410 e. The lowest BCUT2D eigenvalue weighted by Gasteiger charge is -2.34. The van der Waals surface area contributed by atoms with Crippen molar-refractivity contribution >= 4 is 12.0 Å². The molecule has 0 radical (unpaired) electrons. The van der Waals surface area contributed by atoms with Crippen molar-refractivity contribution in [3.05, 3.63) is 23.8 Å². The highest BCUT2D eigenvalue weighted by Gasteiger charge is 2.31. The Bertz CT molecular complexity index is 746. The van der Waals surface area contributed by atoms with E-state index >= 15 is 0 Å². The minimum atomic E-state index is -0.556. The lowest BCUT2D eigenvalue weighted by molar-refractivity contribution is -0.127. The molecule has 0 saturated carbocycles. The average molecular weight is 437 g/mol. The van der Waals surface area contributed by atoms with Crippen LogP contribution in [0.25, 0.3) is 0 Å². The van der Waals surface area contributed by atoms with Crippen LogP contribution in [0.2, 0.25) is 0 Å². The minimum Gasteiger partial charge on any atom is -0.493 e. The fourth-order valence-electron chi connectivity index (χ4n) is 3.41. The first-order valence-electron chi connectivity index (χ1n) is 10.7. The number of hydrogen-bond acceptors (Lipinski definition) is 6. The molecule has 1 aromatic carbocycles. The number of hydrogen-bond donors (Lipinski definition) is 1. The third-order valence-electron chi connectivity index (χ3n) is 5.04. The van der Waals surface area contributed by atoms with E-state index in [1.165, 1.54) is 0 Å². The van der Waals surface area contributed by atoms with Gasteiger partial charge >= 0.3 is 6.09 Å². The Kier molecular flexibility index (Phi) is 8.98. The second-order valence-electron chi connectivity index (χ2n) is 8.75. The normalized spacial score (nSPS) is 17.6. The van der Waals surface area contributed by atoms with Crippen LogP contribution >= 0.6 is 0 Å². The van der Waals surface area contributed by atoms with Crippen molar-refractivity contribution < 1.29 is 28.5 Å². The molecule has 8 heteroatoms. The summed E-state index contributed by atoms with van der Waals surface area (Å²) in [6.45, 7) is 9.31. The van der Waals surface area contributed by atoms with Gasteiger partial charge in [-0.1, -0.05) is 6.07 Å². The number of ether oxygens (including phenoxy) is 4. The third kappa shape index (κ3) is 7.61. The fourth-order valence-corrected chi connectivity index (χ4v) is 3.41. The molecule has 2 atom stereocenters. The topological polar surface area (TPSA) is 86.3 Å². The molecule has 0 aliphatic carbocycles. The lowest BCUT2D eigenvalue weighted by Crippen LogP contribution is -2.47. The Morgan fingerprint density at radius 1 is 1.19 bits per heavy atom. The van der Waals surface area contributed by atoms with Gasteiger partial charge < -0.3 is 29.2 Å². The molecule has 1 fully saturated rings. The zero-order chi connectivity index (χ0) is 23.0. The Labute approximate surface area is 185 Å². The molecule has 2 rings (SSSR count). The second kappa shape index (κ2) is 11.2. The molecule has 1 heterocycles. The maximum absolute atomic E-state index is 12.9. The van der Waals surface area contributed by atoms with E-state index < -0.39 is 5.60 Å². The van der Waals surface area contributed by atoms with E-state index in [0.717, 1.165) is 18.4 Å². The summed E-state index contributed by atoms with van der Waals surface area (Å²) < 4.78 is 21.5. The molecule has 1 saturated heterocycles. The Hall–Kier alpha value is -2.48. The number of benzene rings is 1. The van der Waals surface area contributed by atoms with E-state index in [-0.39, 0.29) is 24.0 Å². The smallest absolute Gasteiger partial charge is 0.410 e. The predicted octanol–water partition coefficient (Wildman–Crippen LogP) is 3.54. The summed E-state index contributed by atoms with van der Waals surface area (Å²) in [5.74, 6) is 0.896. The van der Waals surface area contributed by atoms with Crippen molar-refractivity contribution in [2.24, 2.45) is 5.92 Å². The van der Waals surface area contributed by atoms with E-state index in [1.54, 1.807) is 19.1 Å². The molecule has 1 aromatic rings. The van der Waals surface area contributed by atoms with Gasteiger partial charge in [0.1, 0.15) is 12.2 Å². The average Bonchev–Trinajstić information content (AvgIpc) is 2.72. The van der Waals surface area contributed by atoms with Gasteiger partial charge in [0.25, 0.3) is 0 Å². The number of nitrogens with zero attached hydrogens (tertiary/aromatic N) is 1. The first-order chi connectivity index (χ1) is 14.6. The summed E-state index contributed by atoms with van der Waals surface area (Å²) in [5.41, 5.74) is 0.350. The van der Waals surface area contributed by atoms with Gasteiger partial charge in [0.2, 0.25) is 5.91 Å². The molecule has 2 unspecified atom stereocenters. The minimum absolute atomic E-state index is 0.0693. The number of carbonyl (C=O) groups is 2. The van der Waals surface area contributed by atoms with Crippen LogP contribution in [0.5, 0.6) is 11.5 Å². The van der Waals surface area contributed by atoms with Gasteiger partial charge in [-0.2, -0.15) is 0 Å². The number of carbonyl (C=O) groups excluding carboxylic acids is 2. The van der Waals surface area contributed by atoms with Gasteiger partial charge in [0, 0.05) is 20.2 Å². The SMILES string of the molecule is COCCOc1ccc(C(C)NC(=O)C2CCCN(C(=O)OC(C)(C)C)C2)cc1OC. The molecular formula is C23H36N2O6. The highest BCUT2D eigenvalue weighted by molar-refractivity contribution is 5.80. The van der Waals surface area contributed by atoms with Crippen molar-refractivity contribution in [2.45, 2.75) is 52.2 Å². The third-order valence-corrected chi connectivity index (χ3v) is 5.04. The Morgan fingerprint density at radius 2 is 1.94 bits per heavy atom. The second-order valence-corrected chi connectivity index (χ2v) is 8.75. The maximum atomic E-state index is 12.9. The summed E-state index contributed by atoms with van der Waals surface area (Å²) in [7, 11) is 3.20. The van der Waals surface area contributed by atoms with Crippen molar-refractivity contribution in [3.63, 3.8) is 0 Å². The van der Waals surface area contributed by atoms with E-state index in [9.17, 15) is 9.59 Å². The summed E-state index contributed by atoms with van der Waals surface area (Å²) in [4.78, 5) is 26.9. The van der Waals surface area contributed by atoms with Crippen LogP contribution in [0.4, 0.5) is 4.79 Å². The standard InChI is InChI=1S/C23H36N2O6/c1-16(17-9-10-19(20(14-17)29-6)30-13-12-28-5)24-21(26)18-8-7-11-25(15-18)22(27)31-23(2,3)4/h9-10,14,16,18H,7-8,11-13,15H2,1-6H3,(H,24,26). The summed E-state index contributed by atoms with van der Waals surface area (Å²) in [6.07, 6.45) is 1.15. The van der Waals surface area contributed by atoms with Crippen LogP contribution in [0, 0.1) is 5.92 Å². The fraction of sp³-hybridized carbons (Fsp3) is 0.652. The summed E-state index contributed by atoms with van der Waals surface area (Å²) in [6, 6.07) is 5.38. The molecule has 174 valence electrons. The number of amides is 2. The molecular weight excluding hydrogens is 400 g/mol. The molecule has 1 aliphatic rings. The van der Waals surface area contributed by atoms with Gasteiger partial charge in [-0.25, -0.2) is 4.79 Å². The Morgan fingerprint density at radius 3 is 2.58 bits per heavy atom. The monoisotopic (exact) mass is 436 g/mol. The van der Waals surface area contributed by atoms with Gasteiger partial charge in [-0.05, 0) is 58.2 Å². The summed E-state index contributed by atoms with van der Waals surface area (Å²) in [5, 5.41) is 3.06. The van der Waals surface area contributed by atoms with E-state index in [1.807, 2.05) is 45.9 Å². The number of methoxy groups -OCH3 is 2. The van der Waals surface area contributed by atoms with Gasteiger partial charge in [-0.3, -0.25) is 4.79 Å². The van der Waals surface area contributed by atoms with Crippen molar-refractivity contribution in [1.29, 1.82) is 0 Å². The Balaban J connectivity index is 1.97. The largest absolute Gasteiger partial charge is 0.493 e. The van der Waals surface area contributed by atoms with Gasteiger partial charge in [-0.15, -0.1) is 0 Å². The lowest BCUT2D eigenvalue weighted by atomic mass is 9.96. The van der Waals surface area contributed by atoms with Gasteiger partial charge in [0.05, 0.1) is 25.7 Å². The molecule has 0 bridgehead atoms. The molecule has 0 aromatic heterocycles. The van der Waals surface area contributed by atoms with Gasteiger partial charge in [0.15, 0.2) is 11.5 Å². The zero-order valence-corrected chi connectivity index (χ0v) is 19.5. The van der Waals surface area contributed by atoms with Crippen LogP contribution in [0.3, 0.4) is 0 Å². The van der Waals surface area contributed by atoms with Crippen LogP contribution in [0.15, 0.2) is 18.2 Å².